The molecule has 0 unspecified atom stereocenters. The Morgan fingerprint density at radius 2 is 2.24 bits per heavy atom. The highest BCUT2D eigenvalue weighted by atomic mass is 16.2. The van der Waals surface area contributed by atoms with Crippen molar-refractivity contribution >= 4 is 5.91 Å². The fourth-order valence-electron chi connectivity index (χ4n) is 2.16. The van der Waals surface area contributed by atoms with Crippen LogP contribution in [0, 0.1) is 0 Å². The molecule has 1 aromatic rings. The van der Waals surface area contributed by atoms with E-state index in [1.807, 2.05) is 5.01 Å². The van der Waals surface area contributed by atoms with E-state index < -0.39 is 0 Å². The largest absolute Gasteiger partial charge is 0.348 e. The lowest BCUT2D eigenvalue weighted by Crippen LogP contribution is -2.45. The second-order valence-corrected chi connectivity index (χ2v) is 4.47. The number of nitrogens with one attached hydrogen (secondary N) is 2. The Hall–Kier alpha value is -1.36. The molecule has 0 aromatic carbocycles. The molecule has 2 rings (SSSR count). The zero-order valence-corrected chi connectivity index (χ0v) is 10.3. The number of nitrogens with zero attached hydrogens (tertiary/aromatic N) is 2. The number of H-pyrrole nitrogens is 1. The maximum atomic E-state index is 12.0. The van der Waals surface area contributed by atoms with Crippen LogP contribution in [0.2, 0.25) is 0 Å². The molecule has 0 atom stereocenters. The summed E-state index contributed by atoms with van der Waals surface area (Å²) >= 11 is 0. The average Bonchev–Trinajstić information content (AvgIpc) is 2.79. The van der Waals surface area contributed by atoms with Gasteiger partial charge in [0.2, 0.25) is 0 Å². The van der Waals surface area contributed by atoms with Gasteiger partial charge in [-0.1, -0.05) is 19.8 Å². The van der Waals surface area contributed by atoms with Crippen LogP contribution in [0.3, 0.4) is 0 Å². The summed E-state index contributed by atoms with van der Waals surface area (Å²) in [6, 6.07) is 0. The van der Waals surface area contributed by atoms with Crippen molar-refractivity contribution in [2.24, 2.45) is 0 Å². The number of aromatic amines is 1. The van der Waals surface area contributed by atoms with Crippen LogP contribution in [0.5, 0.6) is 0 Å². The van der Waals surface area contributed by atoms with Crippen LogP contribution in [0.25, 0.3) is 0 Å². The van der Waals surface area contributed by atoms with Gasteiger partial charge in [0.05, 0.1) is 6.33 Å². The van der Waals surface area contributed by atoms with Gasteiger partial charge in [0.15, 0.2) is 0 Å². The number of aromatic nitrogens is 2. The minimum Gasteiger partial charge on any atom is -0.348 e. The van der Waals surface area contributed by atoms with E-state index in [9.17, 15) is 4.79 Å². The Bertz CT molecular complexity index is 368. The number of imidazole rings is 1. The number of carbonyl (C=O) groups excluding carboxylic acids is 1. The number of hydrogen-bond donors (Lipinski definition) is 2. The Balaban J connectivity index is 1.96. The van der Waals surface area contributed by atoms with Crippen molar-refractivity contribution in [3.8, 4) is 0 Å². The lowest BCUT2D eigenvalue weighted by molar-refractivity contribution is 0.0744. The fourth-order valence-corrected chi connectivity index (χ4v) is 2.16. The zero-order valence-electron chi connectivity index (χ0n) is 10.3. The number of piperidine rings is 1. The molecule has 1 aliphatic rings. The number of aryl methyl sites for hydroxylation is 1. The van der Waals surface area contributed by atoms with Crippen molar-refractivity contribution < 1.29 is 4.79 Å². The summed E-state index contributed by atoms with van der Waals surface area (Å²) in [5.74, 6) is -0.0865. The van der Waals surface area contributed by atoms with Crippen LogP contribution in [0.1, 0.15) is 48.8 Å². The standard InChI is InChI=1S/C12H20N4O/c1-2-6-10-11(14-9-13-10)12(17)15-16-7-4-3-5-8-16/h9H,2-8H2,1H3,(H,13,14)(H,15,17). The normalized spacial score (nSPS) is 17.0. The minimum absolute atomic E-state index is 0.0865. The number of hydrazine groups is 1. The molecular formula is C12H20N4O. The smallest absolute Gasteiger partial charge is 0.286 e. The lowest BCUT2D eigenvalue weighted by Gasteiger charge is -2.26. The van der Waals surface area contributed by atoms with E-state index in [0.29, 0.717) is 5.69 Å². The van der Waals surface area contributed by atoms with Gasteiger partial charge in [0.25, 0.3) is 5.91 Å². The number of carbonyl (C=O) groups is 1. The Kier molecular flexibility index (Phi) is 4.14. The summed E-state index contributed by atoms with van der Waals surface area (Å²) in [5, 5.41) is 2.00. The first-order valence-electron chi connectivity index (χ1n) is 6.39. The van der Waals surface area contributed by atoms with Gasteiger partial charge < -0.3 is 4.98 Å². The van der Waals surface area contributed by atoms with Crippen molar-refractivity contribution in [1.29, 1.82) is 0 Å². The van der Waals surface area contributed by atoms with E-state index in [1.54, 1.807) is 6.33 Å². The molecule has 17 heavy (non-hydrogen) atoms. The Morgan fingerprint density at radius 1 is 1.47 bits per heavy atom. The van der Waals surface area contributed by atoms with Gasteiger partial charge in [0.1, 0.15) is 5.69 Å². The number of amides is 1. The third-order valence-corrected chi connectivity index (χ3v) is 3.05. The second-order valence-electron chi connectivity index (χ2n) is 4.47. The van der Waals surface area contributed by atoms with Crippen LogP contribution in [0.15, 0.2) is 6.33 Å². The van der Waals surface area contributed by atoms with Crippen molar-refractivity contribution in [3.63, 3.8) is 0 Å². The monoisotopic (exact) mass is 236 g/mol. The maximum absolute atomic E-state index is 12.0. The van der Waals surface area contributed by atoms with E-state index >= 15 is 0 Å². The molecule has 1 aliphatic heterocycles. The summed E-state index contributed by atoms with van der Waals surface area (Å²) < 4.78 is 0. The van der Waals surface area contributed by atoms with Crippen LogP contribution < -0.4 is 5.43 Å². The molecule has 2 N–H and O–H groups in total. The zero-order chi connectivity index (χ0) is 12.1. The molecule has 94 valence electrons. The van der Waals surface area contributed by atoms with Gasteiger partial charge in [-0.3, -0.25) is 10.2 Å². The van der Waals surface area contributed by atoms with E-state index in [-0.39, 0.29) is 5.91 Å². The lowest BCUT2D eigenvalue weighted by atomic mass is 10.2. The molecule has 1 amide bonds. The van der Waals surface area contributed by atoms with Gasteiger partial charge in [-0.05, 0) is 19.3 Å². The van der Waals surface area contributed by atoms with Gasteiger partial charge in [-0.2, -0.15) is 0 Å². The highest BCUT2D eigenvalue weighted by Crippen LogP contribution is 2.09. The first-order chi connectivity index (χ1) is 8.31. The molecule has 0 spiro atoms. The fraction of sp³-hybridized carbons (Fsp3) is 0.667. The molecule has 1 fully saturated rings. The predicted octanol–water partition coefficient (Wildman–Crippen LogP) is 1.49. The van der Waals surface area contributed by atoms with Gasteiger partial charge >= 0.3 is 0 Å². The third-order valence-electron chi connectivity index (χ3n) is 3.05. The molecule has 0 saturated carbocycles. The first-order valence-corrected chi connectivity index (χ1v) is 6.39. The highest BCUT2D eigenvalue weighted by molar-refractivity contribution is 5.93. The topological polar surface area (TPSA) is 61.0 Å². The molecule has 5 nitrogen and oxygen atoms in total. The molecule has 1 saturated heterocycles. The van der Waals surface area contributed by atoms with Gasteiger partial charge in [-0.25, -0.2) is 9.99 Å². The van der Waals surface area contributed by atoms with Crippen LogP contribution in [-0.4, -0.2) is 34.0 Å². The molecule has 0 radical (unpaired) electrons. The number of hydrogen-bond acceptors (Lipinski definition) is 3. The minimum atomic E-state index is -0.0865. The summed E-state index contributed by atoms with van der Waals surface area (Å²) in [5.41, 5.74) is 4.40. The predicted molar refractivity (Wildman–Crippen MR) is 65.5 cm³/mol. The van der Waals surface area contributed by atoms with E-state index in [0.717, 1.165) is 44.5 Å². The molecule has 1 aromatic heterocycles. The van der Waals surface area contributed by atoms with Crippen LogP contribution in [0.4, 0.5) is 0 Å². The maximum Gasteiger partial charge on any atom is 0.286 e. The van der Waals surface area contributed by atoms with Gasteiger partial charge in [0, 0.05) is 18.8 Å². The summed E-state index contributed by atoms with van der Waals surface area (Å²) in [7, 11) is 0. The number of rotatable bonds is 4. The summed E-state index contributed by atoms with van der Waals surface area (Å²) in [6.45, 7) is 3.98. The highest BCUT2D eigenvalue weighted by Gasteiger charge is 2.18. The third kappa shape index (κ3) is 3.06. The van der Waals surface area contributed by atoms with Crippen LogP contribution >= 0.6 is 0 Å². The SMILES string of the molecule is CCCc1[nH]cnc1C(=O)NN1CCCCC1. The molecule has 0 aliphatic carbocycles. The quantitative estimate of drug-likeness (QED) is 0.832. The second kappa shape index (κ2) is 5.82. The van der Waals surface area contributed by atoms with Gasteiger partial charge in [-0.15, -0.1) is 0 Å². The molecule has 2 heterocycles. The molecular weight excluding hydrogens is 216 g/mol. The van der Waals surface area contributed by atoms with E-state index in [4.69, 9.17) is 0 Å². The van der Waals surface area contributed by atoms with Crippen molar-refractivity contribution in [2.45, 2.75) is 39.0 Å². The van der Waals surface area contributed by atoms with Crippen molar-refractivity contribution in [1.82, 2.24) is 20.4 Å². The van der Waals surface area contributed by atoms with Crippen molar-refractivity contribution in [2.75, 3.05) is 13.1 Å². The average molecular weight is 236 g/mol. The Morgan fingerprint density at radius 3 is 2.94 bits per heavy atom. The molecule has 0 bridgehead atoms. The molecule has 5 heteroatoms. The summed E-state index contributed by atoms with van der Waals surface area (Å²) in [6.07, 6.45) is 7.03. The van der Waals surface area contributed by atoms with Crippen LogP contribution in [-0.2, 0) is 6.42 Å². The van der Waals surface area contributed by atoms with E-state index in [1.165, 1.54) is 6.42 Å². The van der Waals surface area contributed by atoms with E-state index in [2.05, 4.69) is 22.3 Å². The Labute approximate surface area is 102 Å². The first kappa shape index (κ1) is 12.1. The van der Waals surface area contributed by atoms with Crippen molar-refractivity contribution in [3.05, 3.63) is 17.7 Å². The summed E-state index contributed by atoms with van der Waals surface area (Å²) in [4.78, 5) is 19.2.